The molecule has 0 radical (unpaired) electrons. The van der Waals surface area contributed by atoms with Gasteiger partial charge in [-0.15, -0.1) is 0 Å². The van der Waals surface area contributed by atoms with Crippen molar-refractivity contribution in [1.82, 2.24) is 5.32 Å². The molecule has 1 rings (SSSR count). The SMILES string of the molecule is CC(NCC(N)=O)c1ccc(Br)o1. The zero-order valence-corrected chi connectivity index (χ0v) is 8.80. The summed E-state index contributed by atoms with van der Waals surface area (Å²) in [7, 11) is 0. The fourth-order valence-corrected chi connectivity index (χ4v) is 1.23. The lowest BCUT2D eigenvalue weighted by Gasteiger charge is -2.08. The van der Waals surface area contributed by atoms with Gasteiger partial charge in [0.05, 0.1) is 12.6 Å². The van der Waals surface area contributed by atoms with Gasteiger partial charge in [0.25, 0.3) is 0 Å². The van der Waals surface area contributed by atoms with Gasteiger partial charge in [0.2, 0.25) is 5.91 Å². The van der Waals surface area contributed by atoms with Crippen molar-refractivity contribution in [2.45, 2.75) is 13.0 Å². The maximum Gasteiger partial charge on any atom is 0.231 e. The third-order valence-electron chi connectivity index (χ3n) is 1.60. The Hall–Kier alpha value is -0.810. The fraction of sp³-hybridized carbons (Fsp3) is 0.375. The van der Waals surface area contributed by atoms with E-state index < -0.39 is 0 Å². The molecule has 1 unspecified atom stereocenters. The first-order chi connectivity index (χ1) is 6.09. The van der Waals surface area contributed by atoms with Gasteiger partial charge in [0, 0.05) is 0 Å². The second-order valence-corrected chi connectivity index (χ2v) is 3.49. The molecular formula is C8H11BrN2O2. The monoisotopic (exact) mass is 246 g/mol. The van der Waals surface area contributed by atoms with Crippen LogP contribution in [-0.4, -0.2) is 12.5 Å². The van der Waals surface area contributed by atoms with Crippen molar-refractivity contribution in [3.8, 4) is 0 Å². The van der Waals surface area contributed by atoms with Crippen LogP contribution in [0.4, 0.5) is 0 Å². The van der Waals surface area contributed by atoms with Gasteiger partial charge < -0.3 is 10.2 Å². The average molecular weight is 247 g/mol. The Morgan fingerprint density at radius 3 is 2.92 bits per heavy atom. The first-order valence-electron chi connectivity index (χ1n) is 3.86. The second-order valence-electron chi connectivity index (χ2n) is 2.71. The maximum absolute atomic E-state index is 10.5. The lowest BCUT2D eigenvalue weighted by Crippen LogP contribution is -2.30. The number of carbonyl (C=O) groups is 1. The normalized spacial score (nSPS) is 12.8. The van der Waals surface area contributed by atoms with Gasteiger partial charge in [0.15, 0.2) is 4.67 Å². The quantitative estimate of drug-likeness (QED) is 0.839. The number of carbonyl (C=O) groups excluding carboxylic acids is 1. The molecule has 0 spiro atoms. The molecule has 5 heteroatoms. The summed E-state index contributed by atoms with van der Waals surface area (Å²) in [4.78, 5) is 10.5. The summed E-state index contributed by atoms with van der Waals surface area (Å²) in [6, 6.07) is 3.62. The topological polar surface area (TPSA) is 68.3 Å². The smallest absolute Gasteiger partial charge is 0.231 e. The molecule has 0 aliphatic rings. The van der Waals surface area contributed by atoms with Crippen LogP contribution in [0.1, 0.15) is 18.7 Å². The summed E-state index contributed by atoms with van der Waals surface area (Å²) in [6.45, 7) is 2.05. The Kier molecular flexibility index (Phi) is 3.50. The van der Waals surface area contributed by atoms with E-state index in [0.29, 0.717) is 4.67 Å². The molecule has 0 aliphatic heterocycles. The lowest BCUT2D eigenvalue weighted by atomic mass is 10.2. The Balaban J connectivity index is 2.48. The van der Waals surface area contributed by atoms with Crippen LogP contribution in [0, 0.1) is 0 Å². The van der Waals surface area contributed by atoms with Crippen LogP contribution in [0.25, 0.3) is 0 Å². The van der Waals surface area contributed by atoms with Gasteiger partial charge in [-0.2, -0.15) is 0 Å². The van der Waals surface area contributed by atoms with Crippen LogP contribution >= 0.6 is 15.9 Å². The minimum absolute atomic E-state index is 0.0150. The summed E-state index contributed by atoms with van der Waals surface area (Å²) in [5.41, 5.74) is 4.98. The number of primary amides is 1. The fourth-order valence-electron chi connectivity index (χ4n) is 0.915. The second kappa shape index (κ2) is 4.43. The van der Waals surface area contributed by atoms with E-state index >= 15 is 0 Å². The molecule has 0 saturated carbocycles. The molecule has 72 valence electrons. The molecule has 13 heavy (non-hydrogen) atoms. The van der Waals surface area contributed by atoms with Gasteiger partial charge in [-0.05, 0) is 35.0 Å². The van der Waals surface area contributed by atoms with Crippen LogP contribution < -0.4 is 11.1 Å². The number of nitrogens with one attached hydrogen (secondary N) is 1. The molecule has 4 nitrogen and oxygen atoms in total. The summed E-state index contributed by atoms with van der Waals surface area (Å²) in [5, 5.41) is 2.92. The van der Waals surface area contributed by atoms with Gasteiger partial charge >= 0.3 is 0 Å². The number of amides is 1. The highest BCUT2D eigenvalue weighted by Crippen LogP contribution is 2.19. The van der Waals surface area contributed by atoms with Crippen LogP contribution in [0.3, 0.4) is 0 Å². The van der Waals surface area contributed by atoms with Crippen LogP contribution in [0.15, 0.2) is 21.2 Å². The zero-order chi connectivity index (χ0) is 9.84. The summed E-state index contributed by atoms with van der Waals surface area (Å²) in [5.74, 6) is 0.394. The predicted molar refractivity (Wildman–Crippen MR) is 52.0 cm³/mol. The number of hydrogen-bond acceptors (Lipinski definition) is 3. The Bertz CT molecular complexity index is 298. The Morgan fingerprint density at radius 2 is 2.46 bits per heavy atom. The highest BCUT2D eigenvalue weighted by Gasteiger charge is 2.09. The largest absolute Gasteiger partial charge is 0.453 e. The van der Waals surface area contributed by atoms with Crippen molar-refractivity contribution >= 4 is 21.8 Å². The number of nitrogens with two attached hydrogens (primary N) is 1. The third kappa shape index (κ3) is 3.20. The van der Waals surface area contributed by atoms with E-state index in [1.165, 1.54) is 0 Å². The van der Waals surface area contributed by atoms with E-state index in [0.717, 1.165) is 5.76 Å². The van der Waals surface area contributed by atoms with E-state index in [-0.39, 0.29) is 18.5 Å². The van der Waals surface area contributed by atoms with E-state index in [1.54, 1.807) is 6.07 Å². The maximum atomic E-state index is 10.5. The molecule has 3 N–H and O–H groups in total. The molecule has 1 amide bonds. The lowest BCUT2D eigenvalue weighted by molar-refractivity contribution is -0.117. The van der Waals surface area contributed by atoms with Crippen molar-refractivity contribution in [1.29, 1.82) is 0 Å². The highest BCUT2D eigenvalue weighted by molar-refractivity contribution is 9.10. The molecule has 0 fully saturated rings. The number of furan rings is 1. The molecule has 1 aromatic rings. The average Bonchev–Trinajstić information content (AvgIpc) is 2.47. The first kappa shape index (κ1) is 10.3. The number of hydrogen-bond donors (Lipinski definition) is 2. The van der Waals surface area contributed by atoms with E-state index in [1.807, 2.05) is 13.0 Å². The van der Waals surface area contributed by atoms with Crippen LogP contribution in [-0.2, 0) is 4.79 Å². The molecule has 0 aromatic carbocycles. The molecule has 1 heterocycles. The summed E-state index contributed by atoms with van der Waals surface area (Å²) in [6.07, 6.45) is 0. The summed E-state index contributed by atoms with van der Waals surface area (Å²) >= 11 is 3.19. The van der Waals surface area contributed by atoms with Crippen molar-refractivity contribution in [2.24, 2.45) is 5.73 Å². The molecule has 1 atom stereocenters. The minimum Gasteiger partial charge on any atom is -0.453 e. The molecular weight excluding hydrogens is 236 g/mol. The highest BCUT2D eigenvalue weighted by atomic mass is 79.9. The predicted octanol–water partition coefficient (Wildman–Crippen LogP) is 1.18. The van der Waals surface area contributed by atoms with E-state index in [2.05, 4.69) is 21.2 Å². The standard InChI is InChI=1S/C8H11BrN2O2/c1-5(11-4-8(10)12)6-2-3-7(9)13-6/h2-3,5,11H,4H2,1H3,(H2,10,12). The van der Waals surface area contributed by atoms with Gasteiger partial charge in [-0.1, -0.05) is 0 Å². The zero-order valence-electron chi connectivity index (χ0n) is 7.21. The van der Waals surface area contributed by atoms with Gasteiger partial charge in [-0.25, -0.2) is 0 Å². The van der Waals surface area contributed by atoms with E-state index in [4.69, 9.17) is 10.2 Å². The number of halogens is 1. The first-order valence-corrected chi connectivity index (χ1v) is 4.66. The minimum atomic E-state index is -0.377. The van der Waals surface area contributed by atoms with Crippen molar-refractivity contribution in [3.63, 3.8) is 0 Å². The molecule has 1 aromatic heterocycles. The van der Waals surface area contributed by atoms with Crippen LogP contribution in [0.5, 0.6) is 0 Å². The Morgan fingerprint density at radius 1 is 1.77 bits per heavy atom. The summed E-state index contributed by atoms with van der Waals surface area (Å²) < 4.78 is 5.96. The van der Waals surface area contributed by atoms with Gasteiger partial charge in [-0.3, -0.25) is 10.1 Å². The molecule has 0 aliphatic carbocycles. The van der Waals surface area contributed by atoms with Crippen molar-refractivity contribution in [3.05, 3.63) is 22.6 Å². The van der Waals surface area contributed by atoms with Crippen molar-refractivity contribution < 1.29 is 9.21 Å². The Labute approximate surface area is 84.6 Å². The van der Waals surface area contributed by atoms with Gasteiger partial charge in [0.1, 0.15) is 5.76 Å². The number of rotatable bonds is 4. The van der Waals surface area contributed by atoms with Crippen LogP contribution in [0.2, 0.25) is 0 Å². The van der Waals surface area contributed by atoms with E-state index in [9.17, 15) is 4.79 Å². The molecule has 0 bridgehead atoms. The molecule has 0 saturated heterocycles. The third-order valence-corrected chi connectivity index (χ3v) is 2.03. The van der Waals surface area contributed by atoms with Crippen molar-refractivity contribution in [2.75, 3.05) is 6.54 Å².